The zero-order chi connectivity index (χ0) is 16.1. The molecule has 5 nitrogen and oxygen atoms in total. The minimum atomic E-state index is -0.286. The summed E-state index contributed by atoms with van der Waals surface area (Å²) in [5, 5.41) is 11.5. The predicted octanol–water partition coefficient (Wildman–Crippen LogP) is 2.97. The maximum Gasteiger partial charge on any atom is 0.230 e. The van der Waals surface area contributed by atoms with Crippen LogP contribution in [-0.2, 0) is 4.79 Å². The molecule has 0 fully saturated rings. The number of carbonyl (C=O) groups is 1. The second-order valence-electron chi connectivity index (χ2n) is 5.24. The van der Waals surface area contributed by atoms with E-state index in [0.29, 0.717) is 0 Å². The van der Waals surface area contributed by atoms with Crippen LogP contribution < -0.4 is 5.32 Å². The lowest BCUT2D eigenvalue weighted by Gasteiger charge is -2.14. The minimum absolute atomic E-state index is 0.0971. The smallest absolute Gasteiger partial charge is 0.230 e. The van der Waals surface area contributed by atoms with Gasteiger partial charge in [-0.3, -0.25) is 4.79 Å². The molecule has 118 valence electrons. The fraction of sp³-hybridized carbons (Fsp3) is 0.400. The van der Waals surface area contributed by atoms with Crippen LogP contribution >= 0.6 is 11.8 Å². The molecule has 0 radical (unpaired) electrons. The Bertz CT molecular complexity index is 627. The first-order valence-electron chi connectivity index (χ1n) is 7.04. The largest absolute Gasteiger partial charge is 0.349 e. The molecule has 1 amide bonds. The molecule has 0 aliphatic heterocycles. The molecule has 0 saturated heterocycles. The fourth-order valence-corrected chi connectivity index (χ4v) is 2.79. The summed E-state index contributed by atoms with van der Waals surface area (Å²) in [5.41, 5.74) is 0.866. The number of rotatable bonds is 6. The molecule has 0 spiro atoms. The number of hydrogen-bond acceptors (Lipinski definition) is 4. The highest BCUT2D eigenvalue weighted by Gasteiger charge is 2.13. The van der Waals surface area contributed by atoms with Crippen LogP contribution in [0, 0.1) is 5.82 Å². The van der Waals surface area contributed by atoms with Crippen LogP contribution in [0.1, 0.15) is 38.4 Å². The van der Waals surface area contributed by atoms with Crippen molar-refractivity contribution >= 4 is 17.7 Å². The third kappa shape index (κ3) is 4.30. The molecule has 0 saturated carbocycles. The van der Waals surface area contributed by atoms with Crippen molar-refractivity contribution < 1.29 is 9.18 Å². The number of carbonyl (C=O) groups excluding carboxylic acids is 1. The highest BCUT2D eigenvalue weighted by molar-refractivity contribution is 7.99. The molecule has 22 heavy (non-hydrogen) atoms. The van der Waals surface area contributed by atoms with E-state index in [1.165, 1.54) is 23.9 Å². The summed E-state index contributed by atoms with van der Waals surface area (Å²) in [5.74, 6) is -0.122. The maximum atomic E-state index is 12.9. The van der Waals surface area contributed by atoms with Gasteiger partial charge in [-0.15, -0.1) is 10.2 Å². The molecule has 1 aromatic carbocycles. The third-order valence-corrected chi connectivity index (χ3v) is 4.13. The van der Waals surface area contributed by atoms with Crippen LogP contribution in [-0.4, -0.2) is 26.4 Å². The van der Waals surface area contributed by atoms with Crippen LogP contribution in [0.5, 0.6) is 0 Å². The normalized spacial score (nSPS) is 12.4. The molecular formula is C15H19FN4OS. The monoisotopic (exact) mass is 322 g/mol. The number of amides is 1. The van der Waals surface area contributed by atoms with Gasteiger partial charge in [0.15, 0.2) is 5.16 Å². The average Bonchev–Trinajstić information content (AvgIpc) is 2.94. The predicted molar refractivity (Wildman–Crippen MR) is 84.1 cm³/mol. The van der Waals surface area contributed by atoms with E-state index < -0.39 is 0 Å². The lowest BCUT2D eigenvalue weighted by atomic mass is 10.1. The van der Waals surface area contributed by atoms with Gasteiger partial charge in [-0.25, -0.2) is 4.39 Å². The highest BCUT2D eigenvalue weighted by atomic mass is 32.2. The topological polar surface area (TPSA) is 59.8 Å². The molecule has 0 bridgehead atoms. The first-order valence-corrected chi connectivity index (χ1v) is 8.03. The molecule has 0 aliphatic carbocycles. The molecule has 1 heterocycles. The Kier molecular flexibility index (Phi) is 5.54. The van der Waals surface area contributed by atoms with Gasteiger partial charge in [0.25, 0.3) is 0 Å². The molecule has 2 rings (SSSR count). The molecule has 1 aromatic heterocycles. The van der Waals surface area contributed by atoms with Gasteiger partial charge >= 0.3 is 0 Å². The Hall–Kier alpha value is -1.89. The van der Waals surface area contributed by atoms with E-state index >= 15 is 0 Å². The summed E-state index contributed by atoms with van der Waals surface area (Å²) in [7, 11) is 0. The van der Waals surface area contributed by atoms with Crippen molar-refractivity contribution in [3.63, 3.8) is 0 Å². The number of benzene rings is 1. The third-order valence-electron chi connectivity index (χ3n) is 3.18. The number of thioether (sulfide) groups is 1. The Morgan fingerprint density at radius 1 is 1.32 bits per heavy atom. The molecule has 1 N–H and O–H groups in total. The zero-order valence-electron chi connectivity index (χ0n) is 12.8. The Morgan fingerprint density at radius 2 is 2.00 bits per heavy atom. The van der Waals surface area contributed by atoms with Crippen molar-refractivity contribution in [3.05, 3.63) is 42.0 Å². The van der Waals surface area contributed by atoms with E-state index in [1.54, 1.807) is 18.5 Å². The SMILES string of the molecule is CC(C)n1cnnc1SCC(=O)N[C@H](C)c1ccc(F)cc1. The first kappa shape index (κ1) is 16.5. The van der Waals surface area contributed by atoms with Gasteiger partial charge in [0, 0.05) is 6.04 Å². The quantitative estimate of drug-likeness (QED) is 0.831. The van der Waals surface area contributed by atoms with Crippen molar-refractivity contribution in [2.75, 3.05) is 5.75 Å². The minimum Gasteiger partial charge on any atom is -0.349 e. The Balaban J connectivity index is 1.87. The van der Waals surface area contributed by atoms with Gasteiger partial charge in [0.1, 0.15) is 12.1 Å². The lowest BCUT2D eigenvalue weighted by Crippen LogP contribution is -2.28. The standard InChI is InChI=1S/C15H19FN4OS/c1-10(2)20-9-17-19-15(20)22-8-14(21)18-11(3)12-4-6-13(16)7-5-12/h4-7,9-11H,8H2,1-3H3,(H,18,21)/t11-/m1/s1. The van der Waals surface area contributed by atoms with Crippen LogP contribution in [0.4, 0.5) is 4.39 Å². The fourth-order valence-electron chi connectivity index (χ4n) is 1.94. The number of aromatic nitrogens is 3. The first-order chi connectivity index (χ1) is 10.5. The maximum absolute atomic E-state index is 12.9. The molecular weight excluding hydrogens is 303 g/mol. The number of halogens is 1. The van der Waals surface area contributed by atoms with Crippen molar-refractivity contribution in [1.82, 2.24) is 20.1 Å². The van der Waals surface area contributed by atoms with E-state index in [1.807, 2.05) is 25.3 Å². The summed E-state index contributed by atoms with van der Waals surface area (Å²) in [6.07, 6.45) is 1.66. The van der Waals surface area contributed by atoms with Crippen LogP contribution in [0.2, 0.25) is 0 Å². The number of hydrogen-bond donors (Lipinski definition) is 1. The van der Waals surface area contributed by atoms with Gasteiger partial charge < -0.3 is 9.88 Å². The van der Waals surface area contributed by atoms with Crippen molar-refractivity contribution in [3.8, 4) is 0 Å². The van der Waals surface area contributed by atoms with Crippen molar-refractivity contribution in [1.29, 1.82) is 0 Å². The molecule has 0 aliphatic rings. The van der Waals surface area contributed by atoms with Crippen LogP contribution in [0.15, 0.2) is 35.7 Å². The van der Waals surface area contributed by atoms with Crippen molar-refractivity contribution in [2.45, 2.75) is 38.0 Å². The number of nitrogens with one attached hydrogen (secondary N) is 1. The van der Waals surface area contributed by atoms with Gasteiger partial charge in [-0.05, 0) is 38.5 Å². The van der Waals surface area contributed by atoms with E-state index in [2.05, 4.69) is 15.5 Å². The van der Waals surface area contributed by atoms with Crippen LogP contribution in [0.25, 0.3) is 0 Å². The van der Waals surface area contributed by atoms with E-state index in [0.717, 1.165) is 10.7 Å². The summed E-state index contributed by atoms with van der Waals surface area (Å²) in [6.45, 7) is 5.93. The second kappa shape index (κ2) is 7.40. The Morgan fingerprint density at radius 3 is 2.64 bits per heavy atom. The molecule has 0 unspecified atom stereocenters. The molecule has 7 heteroatoms. The highest BCUT2D eigenvalue weighted by Crippen LogP contribution is 2.19. The van der Waals surface area contributed by atoms with Gasteiger partial charge in [0.05, 0.1) is 11.8 Å². The van der Waals surface area contributed by atoms with Gasteiger partial charge in [-0.1, -0.05) is 23.9 Å². The molecule has 2 aromatic rings. The summed E-state index contributed by atoms with van der Waals surface area (Å²) in [6, 6.07) is 6.19. The lowest BCUT2D eigenvalue weighted by molar-refractivity contribution is -0.119. The zero-order valence-corrected chi connectivity index (χ0v) is 13.6. The van der Waals surface area contributed by atoms with E-state index in [4.69, 9.17) is 0 Å². The Labute approximate surface area is 133 Å². The van der Waals surface area contributed by atoms with Gasteiger partial charge in [0.2, 0.25) is 5.91 Å². The van der Waals surface area contributed by atoms with Gasteiger partial charge in [-0.2, -0.15) is 0 Å². The summed E-state index contributed by atoms with van der Waals surface area (Å²) >= 11 is 1.35. The summed E-state index contributed by atoms with van der Waals surface area (Å²) in [4.78, 5) is 12.0. The molecule has 1 atom stereocenters. The number of nitrogens with zero attached hydrogens (tertiary/aromatic N) is 3. The average molecular weight is 322 g/mol. The van der Waals surface area contributed by atoms with E-state index in [9.17, 15) is 9.18 Å². The van der Waals surface area contributed by atoms with Crippen LogP contribution in [0.3, 0.4) is 0 Å². The second-order valence-corrected chi connectivity index (χ2v) is 6.19. The van der Waals surface area contributed by atoms with E-state index in [-0.39, 0.29) is 29.6 Å². The summed E-state index contributed by atoms with van der Waals surface area (Å²) < 4.78 is 14.8. The van der Waals surface area contributed by atoms with Crippen molar-refractivity contribution in [2.24, 2.45) is 0 Å².